The van der Waals surface area contributed by atoms with Gasteiger partial charge in [0.2, 0.25) is 0 Å². The van der Waals surface area contributed by atoms with E-state index in [4.69, 9.17) is 37.9 Å². The molecule has 62 heavy (non-hydrogen) atoms. The fourth-order valence-electron chi connectivity index (χ4n) is 14.1. The first-order chi connectivity index (χ1) is 29.3. The third kappa shape index (κ3) is 7.31. The number of rotatable bonds is 8. The van der Waals surface area contributed by atoms with Gasteiger partial charge in [0.15, 0.2) is 24.7 Å². The fourth-order valence-corrected chi connectivity index (χ4v) is 14.1. The largest absolute Gasteiger partial charge is 0.394 e. The molecule has 9 N–H and O–H groups in total. The van der Waals surface area contributed by atoms with E-state index in [1.807, 2.05) is 6.92 Å². The smallest absolute Gasteiger partial charge is 0.187 e. The van der Waals surface area contributed by atoms with Crippen LogP contribution in [-0.4, -0.2) is 175 Å². The van der Waals surface area contributed by atoms with Crippen LogP contribution < -0.4 is 0 Å². The molecular weight excluding hydrogens is 812 g/mol. The van der Waals surface area contributed by atoms with E-state index in [1.165, 1.54) is 19.4 Å². The Hall–Kier alpha value is -0.940. The summed E-state index contributed by atoms with van der Waals surface area (Å²) in [6, 6.07) is 0. The lowest BCUT2D eigenvalue weighted by Crippen LogP contribution is -2.67. The number of aliphatic hydroxyl groups is 9. The summed E-state index contributed by atoms with van der Waals surface area (Å²) in [5.41, 5.74) is 0.811. The highest BCUT2D eigenvalue weighted by Crippen LogP contribution is 2.71. The van der Waals surface area contributed by atoms with E-state index in [2.05, 4.69) is 26.8 Å². The zero-order valence-corrected chi connectivity index (χ0v) is 36.8. The van der Waals surface area contributed by atoms with Gasteiger partial charge in [-0.2, -0.15) is 0 Å². The van der Waals surface area contributed by atoms with E-state index >= 15 is 0 Å². The minimum Gasteiger partial charge on any atom is -0.394 e. The van der Waals surface area contributed by atoms with Crippen molar-refractivity contribution in [3.8, 4) is 0 Å². The molecule has 0 bridgehead atoms. The lowest BCUT2D eigenvalue weighted by molar-refractivity contribution is -0.393. The molecule has 9 rings (SSSR count). The quantitative estimate of drug-likeness (QED) is 0.149. The SMILES string of the molecule is C[C@@H]1O[C@@H](O[C@H]2[C@H](O[C@H]3CC[C@@]4(C)C(=CC[C@H]5[C@@H]6C[C@@H]7O[C@]8(CC[C@@](C)(CO)O8)[C@@H](C)[C@@H]7[C@@]6(C)CC[C@@H]54)C3)O[C@H](CO)[C@@H](O)[C@@H]2O[C@@H]2O[C@@H](C)[C@H](O)[C@@H](O)[C@H]2O)[C@H](O)[C@H](O)[C@H]1O. The van der Waals surface area contributed by atoms with Crippen LogP contribution in [0, 0.1) is 40.4 Å². The zero-order valence-electron chi connectivity index (χ0n) is 36.8. The first-order valence-electron chi connectivity index (χ1n) is 23.3. The Bertz CT molecular complexity index is 1650. The molecule has 0 radical (unpaired) electrons. The van der Waals surface area contributed by atoms with E-state index in [0.29, 0.717) is 36.5 Å². The Kier molecular flexibility index (Phi) is 12.4. The first-order valence-corrected chi connectivity index (χ1v) is 23.3. The molecule has 0 amide bonds. The van der Waals surface area contributed by atoms with Gasteiger partial charge < -0.3 is 83.9 Å². The third-order valence-corrected chi connectivity index (χ3v) is 17.8. The van der Waals surface area contributed by atoms with Crippen molar-refractivity contribution >= 4 is 0 Å². The Morgan fingerprint density at radius 2 is 1.32 bits per heavy atom. The number of fused-ring (bicyclic) bond motifs is 7. The van der Waals surface area contributed by atoms with Crippen LogP contribution in [0.2, 0.25) is 0 Å². The molecule has 0 aromatic carbocycles. The summed E-state index contributed by atoms with van der Waals surface area (Å²) < 4.78 is 50.5. The molecule has 5 heterocycles. The van der Waals surface area contributed by atoms with Crippen molar-refractivity contribution in [2.75, 3.05) is 13.2 Å². The predicted molar refractivity (Wildman–Crippen MR) is 214 cm³/mol. The lowest BCUT2D eigenvalue weighted by Gasteiger charge is -2.58. The van der Waals surface area contributed by atoms with Crippen LogP contribution in [0.1, 0.15) is 99.3 Å². The van der Waals surface area contributed by atoms with E-state index in [9.17, 15) is 46.0 Å². The van der Waals surface area contributed by atoms with Crippen LogP contribution in [-0.2, 0) is 37.9 Å². The molecule has 8 fully saturated rings. The molecule has 5 saturated heterocycles. The molecule has 9 aliphatic rings. The van der Waals surface area contributed by atoms with Gasteiger partial charge in [0.1, 0.15) is 61.0 Å². The summed E-state index contributed by atoms with van der Waals surface area (Å²) in [5.74, 6) is 1.48. The van der Waals surface area contributed by atoms with E-state index < -0.39 is 116 Å². The normalized spacial score (nSPS) is 58.7. The highest BCUT2D eigenvalue weighted by molar-refractivity contribution is 5.26. The van der Waals surface area contributed by atoms with E-state index in [1.54, 1.807) is 0 Å². The van der Waals surface area contributed by atoms with Crippen molar-refractivity contribution in [1.29, 1.82) is 0 Å². The standard InChI is InChI=1S/C45H72O17/c1-19-29-27(61-45(19)14-13-42(4,18-47)62-45)16-26-24-8-7-22-15-23(9-11-43(22,5)25(24)10-12-44(26,29)6)57-41-38(60-40-36(54)34(52)31(49)21(3)56-40)37(32(50)28(17-46)58-41)59-39-35(53)33(51)30(48)20(2)55-39/h7,19-21,23-41,46-54H,8-18H2,1-6H3/t19-,20-,21-,23-,24+,25-,26-,27-,28+,29-,30-,31-,32+,33+,34+,35+,36+,37-,38+,39-,40-,41+,42-,43-,44-,45-/m0/s1. The number of aliphatic hydroxyl groups excluding tert-OH is 9. The van der Waals surface area contributed by atoms with Gasteiger partial charge in [0.05, 0.1) is 43.2 Å². The van der Waals surface area contributed by atoms with Crippen molar-refractivity contribution in [1.82, 2.24) is 0 Å². The maximum Gasteiger partial charge on any atom is 0.187 e. The molecule has 3 saturated carbocycles. The molecule has 0 aromatic rings. The van der Waals surface area contributed by atoms with Gasteiger partial charge in [0, 0.05) is 12.3 Å². The summed E-state index contributed by atoms with van der Waals surface area (Å²) in [6.45, 7) is 11.5. The van der Waals surface area contributed by atoms with Gasteiger partial charge in [0.25, 0.3) is 0 Å². The molecular formula is C45H72O17. The summed E-state index contributed by atoms with van der Waals surface area (Å²) in [7, 11) is 0. The molecule has 1 spiro atoms. The molecule has 354 valence electrons. The molecule has 26 atom stereocenters. The second-order valence-corrected chi connectivity index (χ2v) is 21.3. The molecule has 4 aliphatic carbocycles. The number of allylic oxidation sites excluding steroid dienone is 1. The first kappa shape index (κ1) is 46.2. The second-order valence-electron chi connectivity index (χ2n) is 21.3. The number of hydrogen-bond donors (Lipinski definition) is 9. The van der Waals surface area contributed by atoms with Gasteiger partial charge in [-0.1, -0.05) is 32.4 Å². The second kappa shape index (κ2) is 16.7. The Morgan fingerprint density at radius 3 is 1.94 bits per heavy atom. The van der Waals surface area contributed by atoms with E-state index in [-0.39, 0.29) is 29.5 Å². The Morgan fingerprint density at radius 1 is 0.677 bits per heavy atom. The summed E-state index contributed by atoms with van der Waals surface area (Å²) >= 11 is 0. The van der Waals surface area contributed by atoms with Gasteiger partial charge in [-0.3, -0.25) is 0 Å². The highest BCUT2D eigenvalue weighted by atomic mass is 16.8. The van der Waals surface area contributed by atoms with Crippen LogP contribution in [0.4, 0.5) is 0 Å². The van der Waals surface area contributed by atoms with Crippen molar-refractivity contribution in [3.63, 3.8) is 0 Å². The zero-order chi connectivity index (χ0) is 44.4. The van der Waals surface area contributed by atoms with E-state index in [0.717, 1.165) is 44.9 Å². The van der Waals surface area contributed by atoms with Crippen molar-refractivity contribution in [2.45, 2.75) is 215 Å². The molecule has 17 nitrogen and oxygen atoms in total. The summed E-state index contributed by atoms with van der Waals surface area (Å²) in [6.07, 6.45) is -11.7. The van der Waals surface area contributed by atoms with Crippen LogP contribution in [0.15, 0.2) is 11.6 Å². The monoisotopic (exact) mass is 884 g/mol. The molecule has 5 aliphatic heterocycles. The van der Waals surface area contributed by atoms with Gasteiger partial charge in [-0.15, -0.1) is 0 Å². The van der Waals surface area contributed by atoms with Crippen LogP contribution in [0.25, 0.3) is 0 Å². The predicted octanol–water partition coefficient (Wildman–Crippen LogP) is 0.357. The third-order valence-electron chi connectivity index (χ3n) is 17.8. The van der Waals surface area contributed by atoms with Crippen LogP contribution in [0.5, 0.6) is 0 Å². The molecule has 17 heteroatoms. The maximum atomic E-state index is 11.6. The summed E-state index contributed by atoms with van der Waals surface area (Å²) in [4.78, 5) is 0. The Labute approximate surface area is 363 Å². The van der Waals surface area contributed by atoms with Gasteiger partial charge in [-0.25, -0.2) is 0 Å². The van der Waals surface area contributed by atoms with Gasteiger partial charge in [-0.05, 0) is 107 Å². The number of hydrogen-bond acceptors (Lipinski definition) is 17. The van der Waals surface area contributed by atoms with Crippen LogP contribution in [0.3, 0.4) is 0 Å². The number of ether oxygens (including phenoxy) is 8. The lowest BCUT2D eigenvalue weighted by atomic mass is 9.47. The minimum atomic E-state index is -1.74. The van der Waals surface area contributed by atoms with Crippen molar-refractivity contribution in [2.24, 2.45) is 40.4 Å². The van der Waals surface area contributed by atoms with Gasteiger partial charge >= 0.3 is 0 Å². The molecule has 0 aromatic heterocycles. The summed E-state index contributed by atoms with van der Waals surface area (Å²) in [5, 5.41) is 96.0. The highest BCUT2D eigenvalue weighted by Gasteiger charge is 2.70. The van der Waals surface area contributed by atoms with Crippen molar-refractivity contribution < 1.29 is 83.9 Å². The molecule has 0 unspecified atom stereocenters. The maximum absolute atomic E-state index is 11.6. The average Bonchev–Trinajstić information content (AvgIpc) is 3.85. The van der Waals surface area contributed by atoms with Crippen molar-refractivity contribution in [3.05, 3.63) is 11.6 Å². The Balaban J connectivity index is 0.936. The topological polar surface area (TPSA) is 256 Å². The van der Waals surface area contributed by atoms with Crippen LogP contribution >= 0.6 is 0 Å². The fraction of sp³-hybridized carbons (Fsp3) is 0.956. The average molecular weight is 885 g/mol. The minimum absolute atomic E-state index is 0.0135.